The largest absolute Gasteiger partial charge is 0.463 e. The number of hydrogen-bond donors (Lipinski definition) is 2. The van der Waals surface area contributed by atoms with Crippen molar-refractivity contribution in [2.45, 2.75) is 88.5 Å². The first kappa shape index (κ1) is 34.4. The summed E-state index contributed by atoms with van der Waals surface area (Å²) in [5.74, 6) is -2.78. The van der Waals surface area contributed by atoms with Crippen LogP contribution < -0.4 is 5.32 Å². The Morgan fingerprint density at radius 2 is 1.96 bits per heavy atom. The Kier molecular flexibility index (Phi) is 12.4. The van der Waals surface area contributed by atoms with Crippen LogP contribution in [-0.2, 0) is 28.7 Å². The van der Waals surface area contributed by atoms with E-state index in [0.717, 1.165) is 24.8 Å². The fraction of sp³-hybridized carbons (Fsp3) is 0.600. The number of fused-ring (bicyclic) bond motifs is 1. The van der Waals surface area contributed by atoms with Crippen LogP contribution in [0.25, 0.3) is 0 Å². The number of rotatable bonds is 19. The van der Waals surface area contributed by atoms with Gasteiger partial charge < -0.3 is 29.7 Å². The van der Waals surface area contributed by atoms with E-state index in [0.29, 0.717) is 51.7 Å². The Morgan fingerprint density at radius 3 is 2.64 bits per heavy atom. The maximum Gasteiger partial charge on any atom is 0.306 e. The van der Waals surface area contributed by atoms with Crippen molar-refractivity contribution in [1.82, 2.24) is 15.1 Å². The molecule has 2 bridgehead atoms. The van der Waals surface area contributed by atoms with Crippen LogP contribution in [0, 0.1) is 11.8 Å². The van der Waals surface area contributed by atoms with Crippen LogP contribution in [0.3, 0.4) is 0 Å². The smallest absolute Gasteiger partial charge is 0.306 e. The van der Waals surface area contributed by atoms with Crippen LogP contribution in [0.15, 0.2) is 55.6 Å². The lowest BCUT2D eigenvalue weighted by Crippen LogP contribution is -2.56. The van der Waals surface area contributed by atoms with Crippen LogP contribution in [-0.4, -0.2) is 89.2 Å². The molecule has 3 amide bonds. The predicted octanol–water partition coefficient (Wildman–Crippen LogP) is 3.71. The number of allylic oxidation sites excluding steroid dienone is 1. The Bertz CT molecular complexity index is 1210. The van der Waals surface area contributed by atoms with Crippen molar-refractivity contribution < 1.29 is 33.8 Å². The topological polar surface area (TPSA) is 125 Å². The summed E-state index contributed by atoms with van der Waals surface area (Å²) in [5.41, 5.74) is -0.339. The molecule has 3 saturated heterocycles. The third-order valence-corrected chi connectivity index (χ3v) is 9.32. The number of likely N-dealkylation sites (tertiary alicyclic amines) is 1. The minimum absolute atomic E-state index is 0.0164. The summed E-state index contributed by atoms with van der Waals surface area (Å²) in [6, 6.07) is 7.79. The minimum atomic E-state index is -1.11. The van der Waals surface area contributed by atoms with Gasteiger partial charge in [0.2, 0.25) is 17.7 Å². The van der Waals surface area contributed by atoms with E-state index in [1.165, 1.54) is 0 Å². The molecule has 0 aliphatic carbocycles. The van der Waals surface area contributed by atoms with Crippen molar-refractivity contribution in [2.75, 3.05) is 32.8 Å². The van der Waals surface area contributed by atoms with Crippen molar-refractivity contribution >= 4 is 23.7 Å². The van der Waals surface area contributed by atoms with Gasteiger partial charge >= 0.3 is 5.97 Å². The van der Waals surface area contributed by atoms with Gasteiger partial charge in [-0.15, -0.1) is 13.2 Å². The molecule has 4 rings (SSSR count). The lowest BCUT2D eigenvalue weighted by Gasteiger charge is -2.37. The zero-order valence-corrected chi connectivity index (χ0v) is 26.5. The second-order valence-electron chi connectivity index (χ2n) is 12.3. The molecular weight excluding hydrogens is 574 g/mol. The van der Waals surface area contributed by atoms with Gasteiger partial charge in [-0.1, -0.05) is 62.2 Å². The highest BCUT2D eigenvalue weighted by atomic mass is 16.5. The third kappa shape index (κ3) is 7.49. The zero-order valence-electron chi connectivity index (χ0n) is 26.5. The van der Waals surface area contributed by atoms with Crippen molar-refractivity contribution in [2.24, 2.45) is 11.8 Å². The highest BCUT2D eigenvalue weighted by Crippen LogP contribution is 2.58. The molecule has 1 aromatic carbocycles. The summed E-state index contributed by atoms with van der Waals surface area (Å²) in [6.45, 7) is 10.7. The number of nitrogens with one attached hydrogen (secondary N) is 1. The molecule has 2 N–H and O–H groups in total. The molecule has 3 heterocycles. The van der Waals surface area contributed by atoms with Crippen molar-refractivity contribution in [3.05, 3.63) is 61.2 Å². The number of carbonyl (C=O) groups is 4. The number of esters is 1. The highest BCUT2D eigenvalue weighted by Gasteiger charge is 2.74. The van der Waals surface area contributed by atoms with Crippen LogP contribution in [0.4, 0.5) is 0 Å². The number of aliphatic hydroxyl groups excluding tert-OH is 1. The van der Waals surface area contributed by atoms with Gasteiger partial charge in [0.15, 0.2) is 0 Å². The molecular formula is C35H49N3O7. The second kappa shape index (κ2) is 16.2. The number of unbranched alkanes of at least 4 members (excludes halogenated alkanes) is 3. The summed E-state index contributed by atoms with van der Waals surface area (Å²) in [4.78, 5) is 58.3. The minimum Gasteiger partial charge on any atom is -0.463 e. The van der Waals surface area contributed by atoms with Gasteiger partial charge in [-0.2, -0.15) is 0 Å². The van der Waals surface area contributed by atoms with E-state index < -0.39 is 35.6 Å². The van der Waals surface area contributed by atoms with Gasteiger partial charge in [0.05, 0.1) is 24.0 Å². The van der Waals surface area contributed by atoms with Crippen LogP contribution in [0.1, 0.15) is 76.3 Å². The first-order valence-corrected chi connectivity index (χ1v) is 16.4. The van der Waals surface area contributed by atoms with Gasteiger partial charge in [-0.3, -0.25) is 19.2 Å². The molecule has 3 aliphatic rings. The summed E-state index contributed by atoms with van der Waals surface area (Å²) < 4.78 is 12.1. The molecule has 10 heteroatoms. The summed E-state index contributed by atoms with van der Waals surface area (Å²) in [6.07, 6.45) is 8.43. The van der Waals surface area contributed by atoms with E-state index in [1.807, 2.05) is 30.3 Å². The first-order chi connectivity index (χ1) is 21.8. The Hall–Kier alpha value is -3.50. The first-order valence-electron chi connectivity index (χ1n) is 16.4. The average Bonchev–Trinajstić information content (AvgIpc) is 3.69. The molecule has 3 fully saturated rings. The van der Waals surface area contributed by atoms with Gasteiger partial charge in [0.1, 0.15) is 18.2 Å². The summed E-state index contributed by atoms with van der Waals surface area (Å²) >= 11 is 0. The predicted molar refractivity (Wildman–Crippen MR) is 170 cm³/mol. The maximum atomic E-state index is 14.3. The number of benzene rings is 1. The lowest BCUT2D eigenvalue weighted by atomic mass is 9.70. The molecule has 246 valence electrons. The summed E-state index contributed by atoms with van der Waals surface area (Å²) in [7, 11) is 0. The second-order valence-corrected chi connectivity index (χ2v) is 12.3. The molecule has 0 aromatic heterocycles. The standard InChI is InChI=1S/C35H49N3O7/c1-4-7-12-21-37(20-6-3)34(43)31-35-19-18-27(45-35)29(30(35)33(42)38(31)22-13-14-23-39)32(41)36-26(25-15-10-9-11-16-25)24-44-28(40)17-8-5-2/h5-6,9-11,15-16,26-27,29-31,39H,2-4,7-8,12-14,17-24H2,1H3,(H,36,41)/t26-,27+,29-,30-,31+,35-/m1/s1. The Balaban J connectivity index is 1.60. The highest BCUT2D eigenvalue weighted by molar-refractivity contribution is 5.99. The Labute approximate surface area is 266 Å². The molecule has 0 unspecified atom stereocenters. The number of amides is 3. The number of aliphatic hydroxyl groups is 1. The monoisotopic (exact) mass is 623 g/mol. The molecule has 6 atom stereocenters. The van der Waals surface area contributed by atoms with Crippen LogP contribution >= 0.6 is 0 Å². The Morgan fingerprint density at radius 1 is 1.18 bits per heavy atom. The fourth-order valence-corrected chi connectivity index (χ4v) is 7.18. The van der Waals surface area contributed by atoms with Gasteiger partial charge in [0, 0.05) is 32.7 Å². The zero-order chi connectivity index (χ0) is 32.4. The fourth-order valence-electron chi connectivity index (χ4n) is 7.18. The van der Waals surface area contributed by atoms with Crippen LogP contribution in [0.5, 0.6) is 0 Å². The van der Waals surface area contributed by atoms with Crippen molar-refractivity contribution in [3.8, 4) is 0 Å². The van der Waals surface area contributed by atoms with Gasteiger partial charge in [0.25, 0.3) is 0 Å². The van der Waals surface area contributed by atoms with E-state index in [2.05, 4.69) is 25.4 Å². The number of carbonyl (C=O) groups excluding carboxylic acids is 4. The number of hydrogen-bond acceptors (Lipinski definition) is 7. The van der Waals surface area contributed by atoms with E-state index in [9.17, 15) is 24.3 Å². The average molecular weight is 624 g/mol. The van der Waals surface area contributed by atoms with E-state index in [1.54, 1.807) is 22.0 Å². The molecule has 3 aliphatic heterocycles. The molecule has 10 nitrogen and oxygen atoms in total. The molecule has 1 spiro atoms. The number of ether oxygens (including phenoxy) is 2. The molecule has 0 radical (unpaired) electrons. The van der Waals surface area contributed by atoms with Crippen LogP contribution in [0.2, 0.25) is 0 Å². The normalized spacial score (nSPS) is 25.5. The SMILES string of the molecule is C=CCCC(=O)OC[C@@H](NC(=O)[C@@H]1[C@@H]2CC[C@]3(O2)[C@H](C(=O)N(CC=C)CCCCC)N(CCCCO)C(=O)[C@@H]13)c1ccccc1. The summed E-state index contributed by atoms with van der Waals surface area (Å²) in [5, 5.41) is 12.5. The van der Waals surface area contributed by atoms with Gasteiger partial charge in [-0.25, -0.2) is 0 Å². The van der Waals surface area contributed by atoms with Gasteiger partial charge in [-0.05, 0) is 44.1 Å². The maximum absolute atomic E-state index is 14.3. The van der Waals surface area contributed by atoms with Crippen molar-refractivity contribution in [3.63, 3.8) is 0 Å². The van der Waals surface area contributed by atoms with E-state index >= 15 is 0 Å². The third-order valence-electron chi connectivity index (χ3n) is 9.32. The molecule has 0 saturated carbocycles. The molecule has 45 heavy (non-hydrogen) atoms. The van der Waals surface area contributed by atoms with E-state index in [4.69, 9.17) is 9.47 Å². The quantitative estimate of drug-likeness (QED) is 0.137. The van der Waals surface area contributed by atoms with Crippen molar-refractivity contribution in [1.29, 1.82) is 0 Å². The lowest BCUT2D eigenvalue weighted by molar-refractivity contribution is -0.148. The molecule has 1 aromatic rings. The van der Waals surface area contributed by atoms with E-state index in [-0.39, 0.29) is 43.3 Å². The number of nitrogens with zero attached hydrogens (tertiary/aromatic N) is 2.